The van der Waals surface area contributed by atoms with Gasteiger partial charge in [0, 0.05) is 24.6 Å². The predicted octanol–water partition coefficient (Wildman–Crippen LogP) is 0.553. The Morgan fingerprint density at radius 3 is 2.94 bits per heavy atom. The number of benzene rings is 1. The Bertz CT molecular complexity index is 432. The van der Waals surface area contributed by atoms with E-state index in [4.69, 9.17) is 4.74 Å². The van der Waals surface area contributed by atoms with E-state index in [1.54, 1.807) is 6.92 Å². The number of fused-ring (bicyclic) bond motifs is 4. The second kappa shape index (κ2) is 2.97. The molecule has 3 N–H and O–H groups in total. The second-order valence-electron chi connectivity index (χ2n) is 4.84. The Morgan fingerprint density at radius 2 is 2.12 bits per heavy atom. The van der Waals surface area contributed by atoms with Crippen LogP contribution in [-0.2, 0) is 0 Å². The standard InChI is InChI=1S/C12H15NO3/c1-11(14)7-13-9-6-12(11,15)16-10-5-3-2-4-8(9)10/h2-5,9,13-15H,6-7H2,1H3/t9-,11+,12+/m0/s1. The van der Waals surface area contributed by atoms with E-state index < -0.39 is 11.4 Å². The van der Waals surface area contributed by atoms with Crippen molar-refractivity contribution in [1.82, 2.24) is 5.32 Å². The van der Waals surface area contributed by atoms with Crippen molar-refractivity contribution < 1.29 is 14.9 Å². The summed E-state index contributed by atoms with van der Waals surface area (Å²) < 4.78 is 5.57. The van der Waals surface area contributed by atoms with E-state index in [1.807, 2.05) is 24.3 Å². The molecule has 0 saturated carbocycles. The summed E-state index contributed by atoms with van der Waals surface area (Å²) in [7, 11) is 0. The molecule has 3 atom stereocenters. The third-order valence-corrected chi connectivity index (χ3v) is 3.59. The highest BCUT2D eigenvalue weighted by atomic mass is 16.6. The van der Waals surface area contributed by atoms with Crippen molar-refractivity contribution in [3.05, 3.63) is 29.8 Å². The van der Waals surface area contributed by atoms with Gasteiger partial charge in [-0.3, -0.25) is 0 Å². The summed E-state index contributed by atoms with van der Waals surface area (Å²) in [5, 5.41) is 23.7. The van der Waals surface area contributed by atoms with Crippen LogP contribution >= 0.6 is 0 Å². The number of piperidine rings is 1. The minimum atomic E-state index is -1.49. The molecule has 2 bridgehead atoms. The van der Waals surface area contributed by atoms with Gasteiger partial charge in [0.05, 0.1) is 0 Å². The fourth-order valence-corrected chi connectivity index (χ4v) is 2.44. The highest BCUT2D eigenvalue weighted by Crippen LogP contribution is 2.45. The number of hydrogen-bond acceptors (Lipinski definition) is 4. The van der Waals surface area contributed by atoms with Crippen LogP contribution in [-0.4, -0.2) is 28.1 Å². The van der Waals surface area contributed by atoms with Crippen molar-refractivity contribution in [2.75, 3.05) is 6.54 Å². The van der Waals surface area contributed by atoms with Crippen LogP contribution < -0.4 is 10.1 Å². The maximum Gasteiger partial charge on any atom is 0.239 e. The molecular weight excluding hydrogens is 206 g/mol. The molecule has 2 aliphatic heterocycles. The molecule has 1 fully saturated rings. The topological polar surface area (TPSA) is 61.7 Å². The molecule has 0 radical (unpaired) electrons. The Kier molecular flexibility index (Phi) is 1.87. The third-order valence-electron chi connectivity index (χ3n) is 3.59. The summed E-state index contributed by atoms with van der Waals surface area (Å²) in [6.07, 6.45) is 0.372. The van der Waals surface area contributed by atoms with Crippen LogP contribution in [0, 0.1) is 0 Å². The van der Waals surface area contributed by atoms with Crippen molar-refractivity contribution in [2.24, 2.45) is 0 Å². The first-order valence-corrected chi connectivity index (χ1v) is 5.48. The van der Waals surface area contributed by atoms with Crippen LogP contribution in [0.3, 0.4) is 0 Å². The molecule has 0 spiro atoms. The van der Waals surface area contributed by atoms with Crippen LogP contribution in [0.5, 0.6) is 5.75 Å². The second-order valence-corrected chi connectivity index (χ2v) is 4.84. The number of ether oxygens (including phenoxy) is 1. The van der Waals surface area contributed by atoms with Crippen molar-refractivity contribution in [3.63, 3.8) is 0 Å². The molecule has 2 aliphatic rings. The van der Waals surface area contributed by atoms with Gasteiger partial charge in [0.1, 0.15) is 11.4 Å². The van der Waals surface area contributed by atoms with E-state index in [0.29, 0.717) is 18.7 Å². The number of nitrogens with one attached hydrogen (secondary N) is 1. The van der Waals surface area contributed by atoms with E-state index in [9.17, 15) is 10.2 Å². The normalized spacial score (nSPS) is 41.1. The van der Waals surface area contributed by atoms with E-state index in [1.165, 1.54) is 0 Å². The number of β-amino-alcohol motifs (C(OH)–C–C–N with tert-alkyl or cyclic N) is 1. The molecule has 0 amide bonds. The van der Waals surface area contributed by atoms with Gasteiger partial charge in [0.2, 0.25) is 5.79 Å². The molecule has 16 heavy (non-hydrogen) atoms. The van der Waals surface area contributed by atoms with Gasteiger partial charge in [-0.2, -0.15) is 0 Å². The summed E-state index contributed by atoms with van der Waals surface area (Å²) >= 11 is 0. The Morgan fingerprint density at radius 1 is 1.38 bits per heavy atom. The maximum absolute atomic E-state index is 10.4. The lowest BCUT2D eigenvalue weighted by Gasteiger charge is -2.50. The van der Waals surface area contributed by atoms with E-state index >= 15 is 0 Å². The quantitative estimate of drug-likeness (QED) is 0.599. The van der Waals surface area contributed by atoms with Crippen LogP contribution in [0.4, 0.5) is 0 Å². The smallest absolute Gasteiger partial charge is 0.239 e. The SMILES string of the molecule is C[C@@]1(O)CN[C@H]2C[C@@]1(O)Oc1ccccc12. The third kappa shape index (κ3) is 1.21. The lowest BCUT2D eigenvalue weighted by atomic mass is 9.80. The summed E-state index contributed by atoms with van der Waals surface area (Å²) in [6, 6.07) is 7.65. The average Bonchev–Trinajstić information content (AvgIpc) is 2.24. The highest BCUT2D eigenvalue weighted by molar-refractivity contribution is 5.40. The first kappa shape index (κ1) is 10.1. The van der Waals surface area contributed by atoms with Gasteiger partial charge >= 0.3 is 0 Å². The monoisotopic (exact) mass is 221 g/mol. The van der Waals surface area contributed by atoms with Crippen molar-refractivity contribution in [2.45, 2.75) is 30.8 Å². The van der Waals surface area contributed by atoms with Gasteiger partial charge < -0.3 is 20.3 Å². The lowest BCUT2D eigenvalue weighted by Crippen LogP contribution is -2.67. The van der Waals surface area contributed by atoms with Gasteiger partial charge in [0.15, 0.2) is 0 Å². The number of hydrogen-bond donors (Lipinski definition) is 3. The van der Waals surface area contributed by atoms with Crippen LogP contribution in [0.1, 0.15) is 24.9 Å². The number of rotatable bonds is 0. The molecule has 4 nitrogen and oxygen atoms in total. The first-order valence-electron chi connectivity index (χ1n) is 5.48. The van der Waals surface area contributed by atoms with Crippen LogP contribution in [0.25, 0.3) is 0 Å². The van der Waals surface area contributed by atoms with Crippen molar-refractivity contribution in [1.29, 1.82) is 0 Å². The van der Waals surface area contributed by atoms with Gasteiger partial charge in [-0.15, -0.1) is 0 Å². The maximum atomic E-state index is 10.4. The summed E-state index contributed by atoms with van der Waals surface area (Å²) in [5.41, 5.74) is -0.223. The largest absolute Gasteiger partial charge is 0.459 e. The van der Waals surface area contributed by atoms with Gasteiger partial charge in [-0.25, -0.2) is 0 Å². The Labute approximate surface area is 93.9 Å². The number of para-hydroxylation sites is 1. The Balaban J connectivity index is 2.09. The fraction of sp³-hybridized carbons (Fsp3) is 0.500. The van der Waals surface area contributed by atoms with E-state index in [0.717, 1.165) is 5.56 Å². The molecule has 2 heterocycles. The lowest BCUT2D eigenvalue weighted by molar-refractivity contribution is -0.275. The molecule has 3 rings (SSSR count). The molecule has 1 aromatic carbocycles. The average molecular weight is 221 g/mol. The predicted molar refractivity (Wildman–Crippen MR) is 58.0 cm³/mol. The minimum Gasteiger partial charge on any atom is -0.459 e. The molecular formula is C12H15NO3. The van der Waals surface area contributed by atoms with Gasteiger partial charge in [-0.1, -0.05) is 18.2 Å². The number of aliphatic hydroxyl groups is 2. The molecule has 1 saturated heterocycles. The minimum absolute atomic E-state index is 0.0511. The molecule has 0 unspecified atom stereocenters. The Hall–Kier alpha value is -1.10. The molecule has 0 aromatic heterocycles. The van der Waals surface area contributed by atoms with Crippen LogP contribution in [0.15, 0.2) is 24.3 Å². The van der Waals surface area contributed by atoms with Crippen molar-refractivity contribution >= 4 is 0 Å². The summed E-state index contributed by atoms with van der Waals surface area (Å²) in [4.78, 5) is 0. The molecule has 86 valence electrons. The molecule has 4 heteroatoms. The zero-order valence-electron chi connectivity index (χ0n) is 9.10. The molecule has 0 aliphatic carbocycles. The molecule has 1 aromatic rings. The van der Waals surface area contributed by atoms with Gasteiger partial charge in [0.25, 0.3) is 0 Å². The fourth-order valence-electron chi connectivity index (χ4n) is 2.44. The zero-order chi connectivity index (χ0) is 11.4. The van der Waals surface area contributed by atoms with E-state index in [2.05, 4.69) is 5.32 Å². The highest BCUT2D eigenvalue weighted by Gasteiger charge is 2.55. The van der Waals surface area contributed by atoms with Gasteiger partial charge in [-0.05, 0) is 13.0 Å². The van der Waals surface area contributed by atoms with Crippen molar-refractivity contribution in [3.8, 4) is 5.75 Å². The zero-order valence-corrected chi connectivity index (χ0v) is 9.10. The van der Waals surface area contributed by atoms with E-state index in [-0.39, 0.29) is 6.04 Å². The first-order chi connectivity index (χ1) is 7.52. The van der Waals surface area contributed by atoms with Crippen LogP contribution in [0.2, 0.25) is 0 Å². The summed E-state index contributed by atoms with van der Waals surface area (Å²) in [5.74, 6) is -0.842. The summed E-state index contributed by atoms with van der Waals surface area (Å²) in [6.45, 7) is 1.91.